The van der Waals surface area contributed by atoms with E-state index in [-0.39, 0.29) is 30.4 Å². The Morgan fingerprint density at radius 1 is 1.40 bits per heavy atom. The molecule has 7 heteroatoms. The van der Waals surface area contributed by atoms with Crippen LogP contribution in [-0.2, 0) is 0 Å². The van der Waals surface area contributed by atoms with Gasteiger partial charge in [0.05, 0.1) is 17.9 Å². The Kier molecular flexibility index (Phi) is 4.19. The van der Waals surface area contributed by atoms with E-state index < -0.39 is 17.8 Å². The van der Waals surface area contributed by atoms with Crippen LogP contribution in [0.2, 0.25) is 0 Å². The molecular formula is C13H15FN2O4. The fourth-order valence-corrected chi connectivity index (χ4v) is 1.95. The summed E-state index contributed by atoms with van der Waals surface area (Å²) in [4.78, 5) is 24.5. The topological polar surface area (TPSA) is 89.9 Å². The molecule has 0 radical (unpaired) electrons. The number of benzene rings is 1. The van der Waals surface area contributed by atoms with Crippen molar-refractivity contribution in [2.75, 3.05) is 18.5 Å². The maximum Gasteiger partial charge on any atom is 0.337 e. The number of para-hydroxylation sites is 1. The lowest BCUT2D eigenvalue weighted by molar-refractivity contribution is 0.0697. The Bertz CT molecular complexity index is 531. The fraction of sp³-hybridized carbons (Fsp3) is 0.385. The van der Waals surface area contributed by atoms with Crippen LogP contribution in [0.1, 0.15) is 23.2 Å². The first-order valence-electron chi connectivity index (χ1n) is 6.25. The van der Waals surface area contributed by atoms with Crippen LogP contribution >= 0.6 is 0 Å². The van der Waals surface area contributed by atoms with Crippen LogP contribution in [0.25, 0.3) is 0 Å². The Labute approximate surface area is 114 Å². The number of anilines is 1. The smallest absolute Gasteiger partial charge is 0.337 e. The molecule has 2 amide bonds. The molecule has 1 saturated carbocycles. The van der Waals surface area contributed by atoms with E-state index in [9.17, 15) is 14.0 Å². The van der Waals surface area contributed by atoms with E-state index in [1.54, 1.807) is 0 Å². The number of urea groups is 1. The minimum atomic E-state index is -1.32. The van der Waals surface area contributed by atoms with E-state index in [4.69, 9.17) is 10.2 Å². The van der Waals surface area contributed by atoms with E-state index >= 15 is 0 Å². The summed E-state index contributed by atoms with van der Waals surface area (Å²) < 4.78 is 13.7. The van der Waals surface area contributed by atoms with Crippen molar-refractivity contribution in [3.8, 4) is 0 Å². The van der Waals surface area contributed by atoms with Crippen molar-refractivity contribution in [1.82, 2.24) is 4.90 Å². The number of carbonyl (C=O) groups excluding carboxylic acids is 1. The predicted molar refractivity (Wildman–Crippen MR) is 69.2 cm³/mol. The van der Waals surface area contributed by atoms with Gasteiger partial charge < -0.3 is 20.4 Å². The van der Waals surface area contributed by atoms with Gasteiger partial charge in [-0.1, -0.05) is 6.07 Å². The quantitative estimate of drug-likeness (QED) is 0.763. The first kappa shape index (κ1) is 14.3. The summed E-state index contributed by atoms with van der Waals surface area (Å²) in [6.07, 6.45) is 1.66. The van der Waals surface area contributed by atoms with Gasteiger partial charge in [-0.15, -0.1) is 0 Å². The van der Waals surface area contributed by atoms with Crippen molar-refractivity contribution in [3.63, 3.8) is 0 Å². The molecule has 108 valence electrons. The van der Waals surface area contributed by atoms with Gasteiger partial charge in [0, 0.05) is 12.6 Å². The van der Waals surface area contributed by atoms with Gasteiger partial charge in [-0.25, -0.2) is 14.0 Å². The number of aliphatic hydroxyl groups excluding tert-OH is 1. The Morgan fingerprint density at radius 3 is 2.65 bits per heavy atom. The third-order valence-corrected chi connectivity index (χ3v) is 3.07. The van der Waals surface area contributed by atoms with E-state index in [0.29, 0.717) is 0 Å². The molecule has 0 aromatic heterocycles. The Balaban J connectivity index is 2.20. The lowest BCUT2D eigenvalue weighted by Crippen LogP contribution is -2.39. The predicted octanol–water partition coefficient (Wildman–Crippen LogP) is 1.51. The second-order valence-electron chi connectivity index (χ2n) is 4.55. The van der Waals surface area contributed by atoms with Crippen molar-refractivity contribution >= 4 is 17.7 Å². The maximum atomic E-state index is 13.7. The van der Waals surface area contributed by atoms with Crippen LogP contribution in [0.3, 0.4) is 0 Å². The van der Waals surface area contributed by atoms with Gasteiger partial charge in [-0.3, -0.25) is 0 Å². The molecule has 1 aromatic rings. The van der Waals surface area contributed by atoms with Gasteiger partial charge in [-0.05, 0) is 25.0 Å². The van der Waals surface area contributed by atoms with Crippen LogP contribution in [0.15, 0.2) is 18.2 Å². The lowest BCUT2D eigenvalue weighted by atomic mass is 10.1. The highest BCUT2D eigenvalue weighted by molar-refractivity contribution is 6.00. The molecule has 6 nitrogen and oxygen atoms in total. The number of hydrogen-bond acceptors (Lipinski definition) is 3. The summed E-state index contributed by atoms with van der Waals surface area (Å²) >= 11 is 0. The minimum absolute atomic E-state index is 0.0298. The standard InChI is InChI=1S/C13H15FN2O4/c14-10-3-1-2-9(12(18)19)11(10)15-13(20)16(6-7-17)8-4-5-8/h1-3,8,17H,4-7H2,(H,15,20)(H,18,19). The highest BCUT2D eigenvalue weighted by Crippen LogP contribution is 2.28. The van der Waals surface area contributed by atoms with Crippen molar-refractivity contribution in [2.24, 2.45) is 0 Å². The third kappa shape index (κ3) is 3.05. The van der Waals surface area contributed by atoms with Crippen molar-refractivity contribution < 1.29 is 24.2 Å². The number of nitrogens with zero attached hydrogens (tertiary/aromatic N) is 1. The molecule has 0 unspecified atom stereocenters. The molecule has 0 saturated heterocycles. The zero-order chi connectivity index (χ0) is 14.7. The number of hydrogen-bond donors (Lipinski definition) is 3. The molecule has 2 rings (SSSR count). The SMILES string of the molecule is O=C(O)c1cccc(F)c1NC(=O)N(CCO)C1CC1. The monoisotopic (exact) mass is 282 g/mol. The summed E-state index contributed by atoms with van der Waals surface area (Å²) in [5.74, 6) is -2.13. The number of aliphatic hydroxyl groups is 1. The highest BCUT2D eigenvalue weighted by atomic mass is 19.1. The van der Waals surface area contributed by atoms with E-state index in [2.05, 4.69) is 5.32 Å². The molecule has 1 aromatic carbocycles. The van der Waals surface area contributed by atoms with Crippen LogP contribution in [0.4, 0.5) is 14.9 Å². The second-order valence-corrected chi connectivity index (χ2v) is 4.55. The number of amides is 2. The molecule has 0 spiro atoms. The van der Waals surface area contributed by atoms with Crippen LogP contribution in [-0.4, -0.2) is 46.3 Å². The van der Waals surface area contributed by atoms with Crippen molar-refractivity contribution in [2.45, 2.75) is 18.9 Å². The summed E-state index contributed by atoms with van der Waals surface area (Å²) in [5, 5.41) is 20.2. The van der Waals surface area contributed by atoms with Gasteiger partial charge in [0.15, 0.2) is 0 Å². The molecule has 1 aliphatic rings. The Hall–Kier alpha value is -2.15. The molecule has 0 atom stereocenters. The minimum Gasteiger partial charge on any atom is -0.478 e. The van der Waals surface area contributed by atoms with Crippen LogP contribution in [0, 0.1) is 5.82 Å². The van der Waals surface area contributed by atoms with Gasteiger partial charge in [0.25, 0.3) is 0 Å². The van der Waals surface area contributed by atoms with Crippen molar-refractivity contribution in [1.29, 1.82) is 0 Å². The zero-order valence-electron chi connectivity index (χ0n) is 10.7. The van der Waals surface area contributed by atoms with Crippen LogP contribution < -0.4 is 5.32 Å². The largest absolute Gasteiger partial charge is 0.478 e. The highest BCUT2D eigenvalue weighted by Gasteiger charge is 2.32. The summed E-state index contributed by atoms with van der Waals surface area (Å²) in [6.45, 7) is -0.0691. The van der Waals surface area contributed by atoms with E-state index in [1.807, 2.05) is 0 Å². The number of carboxylic acid groups (broad SMARTS) is 1. The average Bonchev–Trinajstić information content (AvgIpc) is 3.22. The molecule has 20 heavy (non-hydrogen) atoms. The van der Waals surface area contributed by atoms with Gasteiger partial charge >= 0.3 is 12.0 Å². The maximum absolute atomic E-state index is 13.7. The molecule has 3 N–H and O–H groups in total. The number of carboxylic acids is 1. The molecule has 1 fully saturated rings. The van der Waals surface area contributed by atoms with E-state index in [1.165, 1.54) is 17.0 Å². The summed E-state index contributed by atoms with van der Waals surface area (Å²) in [5.41, 5.74) is -0.660. The average molecular weight is 282 g/mol. The molecule has 0 aliphatic heterocycles. The molecule has 0 heterocycles. The number of aromatic carboxylic acids is 1. The second kappa shape index (κ2) is 5.87. The summed E-state index contributed by atoms with van der Waals surface area (Å²) in [7, 11) is 0. The number of nitrogens with one attached hydrogen (secondary N) is 1. The normalized spacial score (nSPS) is 13.9. The molecule has 0 bridgehead atoms. The van der Waals surface area contributed by atoms with Crippen LogP contribution in [0.5, 0.6) is 0 Å². The number of rotatable bonds is 5. The molecule has 1 aliphatic carbocycles. The zero-order valence-corrected chi connectivity index (χ0v) is 10.7. The third-order valence-electron chi connectivity index (χ3n) is 3.07. The molecular weight excluding hydrogens is 267 g/mol. The summed E-state index contributed by atoms with van der Waals surface area (Å²) in [6, 6.07) is 2.99. The van der Waals surface area contributed by atoms with Gasteiger partial charge in [0.2, 0.25) is 0 Å². The lowest BCUT2D eigenvalue weighted by Gasteiger charge is -2.22. The van der Waals surface area contributed by atoms with E-state index in [0.717, 1.165) is 18.9 Å². The number of carbonyl (C=O) groups is 2. The first-order valence-corrected chi connectivity index (χ1v) is 6.25. The fourth-order valence-electron chi connectivity index (χ4n) is 1.95. The van der Waals surface area contributed by atoms with Gasteiger partial charge in [-0.2, -0.15) is 0 Å². The van der Waals surface area contributed by atoms with Gasteiger partial charge in [0.1, 0.15) is 5.82 Å². The Morgan fingerprint density at radius 2 is 2.10 bits per heavy atom. The van der Waals surface area contributed by atoms with Crippen molar-refractivity contribution in [3.05, 3.63) is 29.6 Å². The first-order chi connectivity index (χ1) is 9.54. The number of halogens is 1.